The van der Waals surface area contributed by atoms with Crippen molar-refractivity contribution in [3.63, 3.8) is 0 Å². The molecule has 0 saturated carbocycles. The predicted octanol–water partition coefficient (Wildman–Crippen LogP) is 5.77. The van der Waals surface area contributed by atoms with Crippen molar-refractivity contribution in [2.75, 3.05) is 10.6 Å². The van der Waals surface area contributed by atoms with Gasteiger partial charge in [0.1, 0.15) is 5.82 Å². The Kier molecular flexibility index (Phi) is 6.27. The molecule has 7 nitrogen and oxygen atoms in total. The molecule has 188 valence electrons. The van der Waals surface area contributed by atoms with E-state index in [-0.39, 0.29) is 5.92 Å². The largest absolute Gasteiger partial charge is 0.471 e. The minimum absolute atomic E-state index is 0.0196. The second-order valence-electron chi connectivity index (χ2n) is 9.53. The van der Waals surface area contributed by atoms with Crippen LogP contribution in [0.25, 0.3) is 0 Å². The summed E-state index contributed by atoms with van der Waals surface area (Å²) in [4.78, 5) is 26.6. The number of amides is 1. The highest BCUT2D eigenvalue weighted by Gasteiger charge is 2.52. The molecule has 5 rings (SSSR count). The first kappa shape index (κ1) is 24.0. The summed E-state index contributed by atoms with van der Waals surface area (Å²) in [5, 5.41) is 6.49. The molecule has 2 fully saturated rings. The van der Waals surface area contributed by atoms with Crippen LogP contribution in [0.3, 0.4) is 0 Å². The SMILES string of the molecule is Cc1cnc(Nc2cnc(C3CC4CCC(C3)N4C(=O)C(F)(F)F)c(C)c2)nc1Nc1ccccc1. The van der Waals surface area contributed by atoms with Gasteiger partial charge in [-0.1, -0.05) is 18.2 Å². The quantitative estimate of drug-likeness (QED) is 0.466. The molecule has 0 spiro atoms. The van der Waals surface area contributed by atoms with Crippen molar-refractivity contribution in [1.29, 1.82) is 0 Å². The van der Waals surface area contributed by atoms with Gasteiger partial charge in [-0.15, -0.1) is 0 Å². The number of piperidine rings is 1. The van der Waals surface area contributed by atoms with E-state index in [0.29, 0.717) is 37.4 Å². The van der Waals surface area contributed by atoms with E-state index in [2.05, 4.69) is 25.6 Å². The van der Waals surface area contributed by atoms with Crippen LogP contribution in [-0.4, -0.2) is 44.0 Å². The third-order valence-corrected chi connectivity index (χ3v) is 6.98. The van der Waals surface area contributed by atoms with E-state index in [1.165, 1.54) is 0 Å². The first-order valence-corrected chi connectivity index (χ1v) is 12.0. The fourth-order valence-electron chi connectivity index (χ4n) is 5.38. The van der Waals surface area contributed by atoms with Crippen LogP contribution < -0.4 is 10.6 Å². The third kappa shape index (κ3) is 4.84. The molecule has 4 heterocycles. The number of carbonyl (C=O) groups is 1. The van der Waals surface area contributed by atoms with E-state index in [1.807, 2.05) is 50.2 Å². The number of aryl methyl sites for hydroxylation is 2. The molecule has 10 heteroatoms. The van der Waals surface area contributed by atoms with Crippen LogP contribution in [0.1, 0.15) is 48.4 Å². The van der Waals surface area contributed by atoms with E-state index in [0.717, 1.165) is 33.1 Å². The molecule has 2 atom stereocenters. The number of alkyl halides is 3. The van der Waals surface area contributed by atoms with Gasteiger partial charge in [0, 0.05) is 41.1 Å². The zero-order valence-corrected chi connectivity index (χ0v) is 20.0. The molecule has 1 aromatic carbocycles. The van der Waals surface area contributed by atoms with Gasteiger partial charge >= 0.3 is 12.1 Å². The third-order valence-electron chi connectivity index (χ3n) is 6.98. The Labute approximate surface area is 207 Å². The molecule has 2 N–H and O–H groups in total. The van der Waals surface area contributed by atoms with Crippen molar-refractivity contribution in [2.45, 2.75) is 63.7 Å². The summed E-state index contributed by atoms with van der Waals surface area (Å²) >= 11 is 0. The fraction of sp³-hybridized carbons (Fsp3) is 0.385. The van der Waals surface area contributed by atoms with Crippen LogP contribution in [0.2, 0.25) is 0 Å². The van der Waals surface area contributed by atoms with Crippen LogP contribution in [0.5, 0.6) is 0 Å². The summed E-state index contributed by atoms with van der Waals surface area (Å²) < 4.78 is 39.1. The Balaban J connectivity index is 1.29. The second kappa shape index (κ2) is 9.40. The lowest BCUT2D eigenvalue weighted by atomic mass is 9.86. The van der Waals surface area contributed by atoms with Gasteiger partial charge in [-0.25, -0.2) is 4.98 Å². The van der Waals surface area contributed by atoms with Gasteiger partial charge in [-0.05, 0) is 63.3 Å². The number of carbonyl (C=O) groups excluding carboxylic acids is 1. The zero-order chi connectivity index (χ0) is 25.4. The number of para-hydroxylation sites is 1. The van der Waals surface area contributed by atoms with Crippen LogP contribution in [0.15, 0.2) is 48.8 Å². The van der Waals surface area contributed by atoms with Crippen molar-refractivity contribution in [3.05, 3.63) is 65.6 Å². The Morgan fingerprint density at radius 1 is 0.944 bits per heavy atom. The number of rotatable bonds is 5. The number of fused-ring (bicyclic) bond motifs is 2. The summed E-state index contributed by atoms with van der Waals surface area (Å²) in [6, 6.07) is 10.9. The molecule has 0 aliphatic carbocycles. The molecule has 3 aromatic rings. The average Bonchev–Trinajstić information content (AvgIpc) is 3.09. The molecule has 36 heavy (non-hydrogen) atoms. The van der Waals surface area contributed by atoms with Gasteiger partial charge in [0.05, 0.1) is 11.9 Å². The Hall–Kier alpha value is -3.69. The van der Waals surface area contributed by atoms with E-state index in [9.17, 15) is 18.0 Å². The standard InChI is InChI=1S/C26H27F3N6O/c1-15-10-19(33-25-31-13-16(2)23(34-25)32-18-6-4-3-5-7-18)14-30-22(15)17-11-20-8-9-21(12-17)35(20)24(36)26(27,28)29/h3-7,10,13-14,17,20-21H,8-9,11-12H2,1-2H3,(H2,31,32,33,34). The van der Waals surface area contributed by atoms with Gasteiger partial charge < -0.3 is 15.5 Å². The monoisotopic (exact) mass is 496 g/mol. The van der Waals surface area contributed by atoms with E-state index < -0.39 is 24.2 Å². The topological polar surface area (TPSA) is 83.0 Å². The lowest BCUT2D eigenvalue weighted by molar-refractivity contribution is -0.190. The maximum atomic E-state index is 13.0. The number of hydrogen-bond acceptors (Lipinski definition) is 6. The molecule has 2 saturated heterocycles. The molecule has 2 aromatic heterocycles. The van der Waals surface area contributed by atoms with Crippen LogP contribution >= 0.6 is 0 Å². The van der Waals surface area contributed by atoms with Gasteiger partial charge in [0.2, 0.25) is 5.95 Å². The normalized spacial score (nSPS) is 21.4. The highest BCUT2D eigenvalue weighted by molar-refractivity contribution is 5.83. The summed E-state index contributed by atoms with van der Waals surface area (Å²) in [7, 11) is 0. The second-order valence-corrected chi connectivity index (χ2v) is 9.53. The van der Waals surface area contributed by atoms with Crippen molar-refractivity contribution in [3.8, 4) is 0 Å². The smallest absolute Gasteiger partial charge is 0.340 e. The highest BCUT2D eigenvalue weighted by atomic mass is 19.4. The maximum absolute atomic E-state index is 13.0. The van der Waals surface area contributed by atoms with E-state index >= 15 is 0 Å². The van der Waals surface area contributed by atoms with Gasteiger partial charge in [0.25, 0.3) is 0 Å². The van der Waals surface area contributed by atoms with E-state index in [1.54, 1.807) is 12.4 Å². The number of halogens is 3. The van der Waals surface area contributed by atoms with Gasteiger partial charge in [-0.3, -0.25) is 9.78 Å². The number of aromatic nitrogens is 3. The van der Waals surface area contributed by atoms with Crippen LogP contribution in [-0.2, 0) is 4.79 Å². The van der Waals surface area contributed by atoms with Crippen LogP contribution in [0.4, 0.5) is 36.3 Å². The minimum Gasteiger partial charge on any atom is -0.340 e. The molecule has 2 aliphatic heterocycles. The number of pyridine rings is 1. The highest BCUT2D eigenvalue weighted by Crippen LogP contribution is 2.45. The average molecular weight is 497 g/mol. The molecule has 2 bridgehead atoms. The Morgan fingerprint density at radius 2 is 1.64 bits per heavy atom. The number of nitrogens with zero attached hydrogens (tertiary/aromatic N) is 4. The van der Waals surface area contributed by atoms with Crippen molar-refractivity contribution < 1.29 is 18.0 Å². The van der Waals surface area contributed by atoms with Crippen molar-refractivity contribution >= 4 is 29.0 Å². The number of nitrogens with one attached hydrogen (secondary N) is 2. The molecule has 2 unspecified atom stereocenters. The first-order chi connectivity index (χ1) is 17.2. The summed E-state index contributed by atoms with van der Waals surface area (Å²) in [6.45, 7) is 3.87. The molecule has 1 amide bonds. The summed E-state index contributed by atoms with van der Waals surface area (Å²) in [6.07, 6.45) is 0.802. The number of anilines is 4. The van der Waals surface area contributed by atoms with Gasteiger partial charge in [-0.2, -0.15) is 18.2 Å². The first-order valence-electron chi connectivity index (χ1n) is 12.0. The number of hydrogen-bond donors (Lipinski definition) is 2. The fourth-order valence-corrected chi connectivity index (χ4v) is 5.38. The number of benzene rings is 1. The van der Waals surface area contributed by atoms with Crippen molar-refractivity contribution in [1.82, 2.24) is 19.9 Å². The summed E-state index contributed by atoms with van der Waals surface area (Å²) in [5.41, 5.74) is 4.35. The summed E-state index contributed by atoms with van der Waals surface area (Å²) in [5.74, 6) is -0.580. The van der Waals surface area contributed by atoms with E-state index in [4.69, 9.17) is 0 Å². The zero-order valence-electron chi connectivity index (χ0n) is 20.0. The lowest BCUT2D eigenvalue weighted by Gasteiger charge is -2.39. The minimum atomic E-state index is -4.83. The molecular weight excluding hydrogens is 469 g/mol. The predicted molar refractivity (Wildman–Crippen MR) is 130 cm³/mol. The lowest BCUT2D eigenvalue weighted by Crippen LogP contribution is -2.51. The molecular formula is C26H27F3N6O. The Bertz CT molecular complexity index is 1250. The molecule has 2 aliphatic rings. The van der Waals surface area contributed by atoms with Crippen LogP contribution in [0, 0.1) is 13.8 Å². The van der Waals surface area contributed by atoms with Crippen molar-refractivity contribution in [2.24, 2.45) is 0 Å². The van der Waals surface area contributed by atoms with Gasteiger partial charge in [0.15, 0.2) is 0 Å². The maximum Gasteiger partial charge on any atom is 0.471 e. The molecule has 0 radical (unpaired) electrons. The Morgan fingerprint density at radius 3 is 2.28 bits per heavy atom.